The van der Waals surface area contributed by atoms with Gasteiger partial charge in [0.15, 0.2) is 23.3 Å². The quantitative estimate of drug-likeness (QED) is 0.370. The number of anilines is 1. The van der Waals surface area contributed by atoms with Gasteiger partial charge in [0.1, 0.15) is 5.69 Å². The third-order valence-electron chi connectivity index (χ3n) is 2.65. The molecule has 1 saturated carbocycles. The lowest BCUT2D eigenvalue weighted by molar-refractivity contribution is 0.381. The molecule has 0 atom stereocenters. The predicted molar refractivity (Wildman–Crippen MR) is 55.7 cm³/mol. The Bertz CT molecular complexity index is 430. The fourth-order valence-corrected chi connectivity index (χ4v) is 1.51. The number of nitrogens with one attached hydrogen (secondary N) is 2. The lowest BCUT2D eigenvalue weighted by Crippen LogP contribution is -2.25. The highest BCUT2D eigenvalue weighted by molar-refractivity contribution is 5.47. The second-order valence-electron chi connectivity index (χ2n) is 4.10. The maximum atomic E-state index is 13.2. The third kappa shape index (κ3) is 2.55. The van der Waals surface area contributed by atoms with E-state index in [0.29, 0.717) is 12.6 Å². The van der Waals surface area contributed by atoms with Crippen LogP contribution in [-0.2, 0) is 0 Å². The van der Waals surface area contributed by atoms with Crippen molar-refractivity contribution in [3.63, 3.8) is 0 Å². The highest BCUT2D eigenvalue weighted by atomic mass is 19.2. The van der Waals surface area contributed by atoms with Crippen LogP contribution < -0.4 is 10.6 Å². The van der Waals surface area contributed by atoms with Crippen LogP contribution in [0.3, 0.4) is 0 Å². The van der Waals surface area contributed by atoms with E-state index in [-0.39, 0.29) is 6.54 Å². The van der Waals surface area contributed by atoms with Crippen LogP contribution in [0.2, 0.25) is 0 Å². The Hall–Kier alpha value is -1.37. The van der Waals surface area contributed by atoms with E-state index in [0.717, 1.165) is 12.8 Å². The fourth-order valence-electron chi connectivity index (χ4n) is 1.51. The number of hydrogen-bond acceptors (Lipinski definition) is 2. The summed E-state index contributed by atoms with van der Waals surface area (Å²) in [5.74, 6) is -9.69. The van der Waals surface area contributed by atoms with Crippen LogP contribution in [0.5, 0.6) is 0 Å². The zero-order valence-electron chi connectivity index (χ0n) is 9.30. The summed E-state index contributed by atoms with van der Waals surface area (Å²) >= 11 is 0. The van der Waals surface area contributed by atoms with Crippen molar-refractivity contribution in [2.75, 3.05) is 18.4 Å². The molecule has 0 amide bonds. The molecule has 0 radical (unpaired) electrons. The van der Waals surface area contributed by atoms with Crippen molar-refractivity contribution < 1.29 is 22.0 Å². The highest BCUT2D eigenvalue weighted by Gasteiger charge is 2.25. The van der Waals surface area contributed by atoms with Gasteiger partial charge in [0.2, 0.25) is 5.82 Å². The Balaban J connectivity index is 2.06. The fraction of sp³-hybridized carbons (Fsp3) is 0.455. The first kappa shape index (κ1) is 13.1. The van der Waals surface area contributed by atoms with Crippen LogP contribution in [0.15, 0.2) is 0 Å². The Morgan fingerprint density at radius 3 is 1.78 bits per heavy atom. The highest BCUT2D eigenvalue weighted by Crippen LogP contribution is 2.26. The summed E-state index contributed by atoms with van der Waals surface area (Å²) in [4.78, 5) is 0. The molecule has 100 valence electrons. The van der Waals surface area contributed by atoms with E-state index >= 15 is 0 Å². The van der Waals surface area contributed by atoms with Gasteiger partial charge < -0.3 is 10.6 Å². The van der Waals surface area contributed by atoms with Crippen LogP contribution >= 0.6 is 0 Å². The van der Waals surface area contributed by atoms with Crippen LogP contribution in [0, 0.1) is 29.1 Å². The summed E-state index contributed by atoms with van der Waals surface area (Å²) in [7, 11) is 0. The maximum Gasteiger partial charge on any atom is 0.200 e. The Kier molecular flexibility index (Phi) is 3.70. The molecule has 1 aliphatic rings. The molecule has 0 spiro atoms. The molecule has 0 bridgehead atoms. The summed E-state index contributed by atoms with van der Waals surface area (Å²) in [5.41, 5.74) is -0.982. The molecule has 1 fully saturated rings. The lowest BCUT2D eigenvalue weighted by Gasteiger charge is -2.11. The second kappa shape index (κ2) is 5.09. The summed E-state index contributed by atoms with van der Waals surface area (Å²) in [5, 5.41) is 5.25. The Labute approximate surface area is 100 Å². The smallest absolute Gasteiger partial charge is 0.200 e. The molecule has 0 aliphatic heterocycles. The molecule has 1 aromatic carbocycles. The van der Waals surface area contributed by atoms with Gasteiger partial charge in [-0.25, -0.2) is 22.0 Å². The second-order valence-corrected chi connectivity index (χ2v) is 4.10. The molecule has 18 heavy (non-hydrogen) atoms. The van der Waals surface area contributed by atoms with E-state index in [4.69, 9.17) is 0 Å². The average molecular weight is 266 g/mol. The van der Waals surface area contributed by atoms with E-state index in [1.807, 2.05) is 0 Å². The molecular weight excluding hydrogens is 255 g/mol. The standard InChI is InChI=1S/C11H11F5N2/c12-6-7(13)9(15)11(10(16)8(6)14)18-4-3-17-5-1-2-5/h5,17-18H,1-4H2. The average Bonchev–Trinajstić information content (AvgIpc) is 3.17. The van der Waals surface area contributed by atoms with Crippen molar-refractivity contribution in [3.8, 4) is 0 Å². The van der Waals surface area contributed by atoms with Crippen molar-refractivity contribution in [1.29, 1.82) is 0 Å². The maximum absolute atomic E-state index is 13.2. The molecule has 7 heteroatoms. The molecule has 0 heterocycles. The molecular formula is C11H11F5N2. The van der Waals surface area contributed by atoms with E-state index in [2.05, 4.69) is 10.6 Å². The molecule has 1 aromatic rings. The summed E-state index contributed by atoms with van der Waals surface area (Å²) in [6, 6.07) is 0.406. The third-order valence-corrected chi connectivity index (χ3v) is 2.65. The zero-order chi connectivity index (χ0) is 13.3. The SMILES string of the molecule is Fc1c(F)c(F)c(NCCNC2CC2)c(F)c1F. The number of halogens is 5. The van der Waals surface area contributed by atoms with Gasteiger partial charge in [-0.15, -0.1) is 0 Å². The predicted octanol–water partition coefficient (Wildman–Crippen LogP) is 2.55. The van der Waals surface area contributed by atoms with Gasteiger partial charge in [0.05, 0.1) is 0 Å². The van der Waals surface area contributed by atoms with Crippen LogP contribution in [0.4, 0.5) is 27.6 Å². The van der Waals surface area contributed by atoms with Crippen LogP contribution in [0.1, 0.15) is 12.8 Å². The minimum Gasteiger partial charge on any atom is -0.379 e. The van der Waals surface area contributed by atoms with E-state index < -0.39 is 34.8 Å². The summed E-state index contributed by atoms with van der Waals surface area (Å²) in [6.07, 6.45) is 2.09. The van der Waals surface area contributed by atoms with Crippen molar-refractivity contribution in [3.05, 3.63) is 29.1 Å². The van der Waals surface area contributed by atoms with E-state index in [9.17, 15) is 22.0 Å². The number of benzene rings is 1. The minimum absolute atomic E-state index is 0.0782. The Morgan fingerprint density at radius 2 is 1.28 bits per heavy atom. The van der Waals surface area contributed by atoms with Gasteiger partial charge >= 0.3 is 0 Å². The largest absolute Gasteiger partial charge is 0.379 e. The normalized spacial score (nSPS) is 14.9. The monoisotopic (exact) mass is 266 g/mol. The van der Waals surface area contributed by atoms with E-state index in [1.165, 1.54) is 0 Å². The van der Waals surface area contributed by atoms with Gasteiger partial charge in [0.25, 0.3) is 0 Å². The van der Waals surface area contributed by atoms with Crippen molar-refractivity contribution in [2.45, 2.75) is 18.9 Å². The molecule has 0 unspecified atom stereocenters. The van der Waals surface area contributed by atoms with Gasteiger partial charge in [-0.2, -0.15) is 0 Å². The van der Waals surface area contributed by atoms with Gasteiger partial charge in [-0.1, -0.05) is 0 Å². The first-order valence-corrected chi connectivity index (χ1v) is 5.51. The number of rotatable bonds is 5. The molecule has 1 aliphatic carbocycles. The van der Waals surface area contributed by atoms with Gasteiger partial charge in [0, 0.05) is 19.1 Å². The van der Waals surface area contributed by atoms with Crippen LogP contribution in [-0.4, -0.2) is 19.1 Å². The van der Waals surface area contributed by atoms with Gasteiger partial charge in [-0.3, -0.25) is 0 Å². The first-order chi connectivity index (χ1) is 8.52. The molecule has 0 saturated heterocycles. The van der Waals surface area contributed by atoms with Crippen molar-refractivity contribution in [2.24, 2.45) is 0 Å². The molecule has 2 nitrogen and oxygen atoms in total. The first-order valence-electron chi connectivity index (χ1n) is 5.51. The molecule has 2 rings (SSSR count). The van der Waals surface area contributed by atoms with Gasteiger partial charge in [-0.05, 0) is 12.8 Å². The minimum atomic E-state index is -2.15. The Morgan fingerprint density at radius 1 is 0.778 bits per heavy atom. The molecule has 0 aromatic heterocycles. The van der Waals surface area contributed by atoms with Crippen molar-refractivity contribution >= 4 is 5.69 Å². The zero-order valence-corrected chi connectivity index (χ0v) is 9.30. The number of hydrogen-bond donors (Lipinski definition) is 2. The topological polar surface area (TPSA) is 24.1 Å². The van der Waals surface area contributed by atoms with E-state index in [1.54, 1.807) is 0 Å². The lowest BCUT2D eigenvalue weighted by atomic mass is 10.2. The van der Waals surface area contributed by atoms with Crippen LogP contribution in [0.25, 0.3) is 0 Å². The molecule has 2 N–H and O–H groups in total. The van der Waals surface area contributed by atoms with Crippen molar-refractivity contribution in [1.82, 2.24) is 5.32 Å². The summed E-state index contributed by atoms with van der Waals surface area (Å²) < 4.78 is 64.8. The summed E-state index contributed by atoms with van der Waals surface area (Å²) in [6.45, 7) is 0.471.